The number of carbonyl (C=O) groups is 1. The molecule has 0 radical (unpaired) electrons. The number of ether oxygens (including phenoxy) is 2. The molecule has 0 saturated carbocycles. The molecule has 0 aliphatic rings. The van der Waals surface area contributed by atoms with Gasteiger partial charge in [0.05, 0.1) is 13.2 Å². The number of hydrogen-bond acceptors (Lipinski definition) is 4. The van der Waals surface area contributed by atoms with Crippen molar-refractivity contribution in [2.45, 2.75) is 26.8 Å². The SMILES string of the molecule is CCNC(COCC)C(=O)OCC. The van der Waals surface area contributed by atoms with E-state index < -0.39 is 0 Å². The molecule has 1 atom stereocenters. The Kier molecular flexibility index (Phi) is 7.63. The lowest BCUT2D eigenvalue weighted by Crippen LogP contribution is -2.41. The normalized spacial score (nSPS) is 12.5. The molecule has 0 aromatic carbocycles. The fourth-order valence-electron chi connectivity index (χ4n) is 0.935. The van der Waals surface area contributed by atoms with Crippen molar-refractivity contribution < 1.29 is 14.3 Å². The van der Waals surface area contributed by atoms with Crippen LogP contribution in [-0.4, -0.2) is 38.4 Å². The van der Waals surface area contributed by atoms with Crippen LogP contribution in [-0.2, 0) is 14.3 Å². The summed E-state index contributed by atoms with van der Waals surface area (Å²) in [6.07, 6.45) is 0. The highest BCUT2D eigenvalue weighted by Crippen LogP contribution is 1.91. The Bertz CT molecular complexity index is 139. The third-order valence-corrected chi connectivity index (χ3v) is 1.51. The van der Waals surface area contributed by atoms with Crippen molar-refractivity contribution in [2.75, 3.05) is 26.4 Å². The van der Waals surface area contributed by atoms with Gasteiger partial charge in [-0.2, -0.15) is 0 Å². The fraction of sp³-hybridized carbons (Fsp3) is 0.889. The van der Waals surface area contributed by atoms with Gasteiger partial charge in [-0.25, -0.2) is 0 Å². The second-order valence-electron chi connectivity index (χ2n) is 2.52. The molecule has 0 aromatic rings. The highest BCUT2D eigenvalue weighted by Gasteiger charge is 2.17. The summed E-state index contributed by atoms with van der Waals surface area (Å²) in [5.74, 6) is -0.238. The zero-order valence-electron chi connectivity index (χ0n) is 8.63. The quantitative estimate of drug-likeness (QED) is 0.595. The van der Waals surface area contributed by atoms with Crippen LogP contribution in [0.15, 0.2) is 0 Å². The van der Waals surface area contributed by atoms with Crippen LogP contribution >= 0.6 is 0 Å². The van der Waals surface area contributed by atoms with Crippen molar-refractivity contribution in [1.82, 2.24) is 5.32 Å². The molecular weight excluding hydrogens is 170 g/mol. The van der Waals surface area contributed by atoms with Crippen LogP contribution in [0, 0.1) is 0 Å². The number of esters is 1. The molecule has 1 unspecified atom stereocenters. The lowest BCUT2D eigenvalue weighted by molar-refractivity contribution is -0.147. The van der Waals surface area contributed by atoms with Gasteiger partial charge in [0.1, 0.15) is 6.04 Å². The van der Waals surface area contributed by atoms with E-state index in [1.807, 2.05) is 13.8 Å². The molecule has 0 bridgehead atoms. The number of carbonyl (C=O) groups excluding carboxylic acids is 1. The summed E-state index contributed by atoms with van der Waals surface area (Å²) in [7, 11) is 0. The summed E-state index contributed by atoms with van der Waals surface area (Å²) >= 11 is 0. The smallest absolute Gasteiger partial charge is 0.325 e. The molecule has 0 fully saturated rings. The molecule has 0 aliphatic carbocycles. The highest BCUT2D eigenvalue weighted by molar-refractivity contribution is 5.75. The highest BCUT2D eigenvalue weighted by atomic mass is 16.5. The third kappa shape index (κ3) is 5.60. The van der Waals surface area contributed by atoms with Crippen molar-refractivity contribution in [3.63, 3.8) is 0 Å². The van der Waals surface area contributed by atoms with E-state index in [0.717, 1.165) is 6.54 Å². The van der Waals surface area contributed by atoms with E-state index in [4.69, 9.17) is 9.47 Å². The Hall–Kier alpha value is -0.610. The average Bonchev–Trinajstić information content (AvgIpc) is 2.12. The fourth-order valence-corrected chi connectivity index (χ4v) is 0.935. The van der Waals surface area contributed by atoms with Gasteiger partial charge in [-0.05, 0) is 20.4 Å². The first kappa shape index (κ1) is 12.4. The van der Waals surface area contributed by atoms with E-state index in [1.54, 1.807) is 6.92 Å². The molecule has 0 aliphatic heterocycles. The van der Waals surface area contributed by atoms with E-state index in [0.29, 0.717) is 19.8 Å². The molecule has 0 spiro atoms. The van der Waals surface area contributed by atoms with Gasteiger partial charge >= 0.3 is 5.97 Å². The molecule has 4 heteroatoms. The minimum absolute atomic E-state index is 0.238. The first-order valence-corrected chi connectivity index (χ1v) is 4.73. The number of hydrogen-bond donors (Lipinski definition) is 1. The van der Waals surface area contributed by atoms with E-state index in [1.165, 1.54) is 0 Å². The van der Waals surface area contributed by atoms with E-state index in [2.05, 4.69) is 5.32 Å². The zero-order chi connectivity index (χ0) is 10.1. The van der Waals surface area contributed by atoms with Gasteiger partial charge in [0.15, 0.2) is 0 Å². The molecule has 0 rings (SSSR count). The van der Waals surface area contributed by atoms with Gasteiger partial charge in [-0.3, -0.25) is 4.79 Å². The molecule has 0 saturated heterocycles. The van der Waals surface area contributed by atoms with E-state index in [9.17, 15) is 4.79 Å². The molecule has 4 nitrogen and oxygen atoms in total. The Morgan fingerprint density at radius 3 is 2.46 bits per heavy atom. The molecule has 78 valence electrons. The minimum atomic E-state index is -0.329. The number of likely N-dealkylation sites (N-methyl/N-ethyl adjacent to an activating group) is 1. The van der Waals surface area contributed by atoms with E-state index in [-0.39, 0.29) is 12.0 Å². The Morgan fingerprint density at radius 2 is 2.00 bits per heavy atom. The standard InChI is InChI=1S/C9H19NO3/c1-4-10-8(7-12-5-2)9(11)13-6-3/h8,10H,4-7H2,1-3H3. The maximum absolute atomic E-state index is 11.3. The van der Waals surface area contributed by atoms with Crippen LogP contribution in [0.2, 0.25) is 0 Å². The monoisotopic (exact) mass is 189 g/mol. The largest absolute Gasteiger partial charge is 0.465 e. The number of nitrogens with one attached hydrogen (secondary N) is 1. The van der Waals surface area contributed by atoms with Crippen molar-refractivity contribution in [2.24, 2.45) is 0 Å². The maximum Gasteiger partial charge on any atom is 0.325 e. The van der Waals surface area contributed by atoms with Gasteiger partial charge in [0.25, 0.3) is 0 Å². The summed E-state index contributed by atoms with van der Waals surface area (Å²) in [5.41, 5.74) is 0. The van der Waals surface area contributed by atoms with Gasteiger partial charge < -0.3 is 14.8 Å². The maximum atomic E-state index is 11.3. The third-order valence-electron chi connectivity index (χ3n) is 1.51. The van der Waals surface area contributed by atoms with Crippen LogP contribution in [0.25, 0.3) is 0 Å². The predicted molar refractivity (Wildman–Crippen MR) is 50.6 cm³/mol. The second kappa shape index (κ2) is 8.01. The van der Waals surface area contributed by atoms with Crippen molar-refractivity contribution >= 4 is 5.97 Å². The van der Waals surface area contributed by atoms with Crippen LogP contribution in [0.5, 0.6) is 0 Å². The molecule has 13 heavy (non-hydrogen) atoms. The second-order valence-corrected chi connectivity index (χ2v) is 2.52. The topological polar surface area (TPSA) is 47.6 Å². The average molecular weight is 189 g/mol. The Balaban J connectivity index is 3.83. The summed E-state index contributed by atoms with van der Waals surface area (Å²) in [5, 5.41) is 3.00. The number of rotatable bonds is 7. The van der Waals surface area contributed by atoms with Crippen LogP contribution < -0.4 is 5.32 Å². The summed E-state index contributed by atoms with van der Waals surface area (Å²) in [6, 6.07) is -0.329. The summed E-state index contributed by atoms with van der Waals surface area (Å²) in [4.78, 5) is 11.3. The summed E-state index contributed by atoms with van der Waals surface area (Å²) in [6.45, 7) is 7.77. The minimum Gasteiger partial charge on any atom is -0.465 e. The molecule has 0 heterocycles. The lowest BCUT2D eigenvalue weighted by atomic mass is 10.3. The first-order chi connectivity index (χ1) is 6.26. The van der Waals surface area contributed by atoms with Gasteiger partial charge in [-0.15, -0.1) is 0 Å². The first-order valence-electron chi connectivity index (χ1n) is 4.73. The van der Waals surface area contributed by atoms with Gasteiger partial charge in [0, 0.05) is 6.61 Å². The molecule has 0 amide bonds. The van der Waals surface area contributed by atoms with Crippen LogP contribution in [0.4, 0.5) is 0 Å². The predicted octanol–water partition coefficient (Wildman–Crippen LogP) is 0.564. The van der Waals surface area contributed by atoms with Crippen LogP contribution in [0.3, 0.4) is 0 Å². The molecule has 1 N–H and O–H groups in total. The molecular formula is C9H19NO3. The van der Waals surface area contributed by atoms with Crippen LogP contribution in [0.1, 0.15) is 20.8 Å². The Morgan fingerprint density at radius 1 is 1.31 bits per heavy atom. The van der Waals surface area contributed by atoms with E-state index >= 15 is 0 Å². The van der Waals surface area contributed by atoms with Crippen molar-refractivity contribution in [1.29, 1.82) is 0 Å². The summed E-state index contributed by atoms with van der Waals surface area (Å²) < 4.78 is 10.0. The molecule has 0 aromatic heterocycles. The zero-order valence-corrected chi connectivity index (χ0v) is 8.63. The lowest BCUT2D eigenvalue weighted by Gasteiger charge is -2.15. The van der Waals surface area contributed by atoms with Crippen molar-refractivity contribution in [3.8, 4) is 0 Å². The van der Waals surface area contributed by atoms with Crippen molar-refractivity contribution in [3.05, 3.63) is 0 Å². The van der Waals surface area contributed by atoms with Gasteiger partial charge in [-0.1, -0.05) is 6.92 Å². The van der Waals surface area contributed by atoms with Gasteiger partial charge in [0.2, 0.25) is 0 Å². The Labute approximate surface area is 79.6 Å².